The van der Waals surface area contributed by atoms with Crippen LogP contribution >= 0.6 is 0 Å². The molecule has 0 saturated heterocycles. The van der Waals surface area contributed by atoms with E-state index in [4.69, 9.17) is 0 Å². The lowest BCUT2D eigenvalue weighted by atomic mass is 9.97. The van der Waals surface area contributed by atoms with Crippen molar-refractivity contribution in [1.82, 2.24) is 5.32 Å². The molecule has 0 aliphatic carbocycles. The zero-order valence-corrected chi connectivity index (χ0v) is 10.9. The summed E-state index contributed by atoms with van der Waals surface area (Å²) in [6.45, 7) is 9.91. The number of aliphatic hydroxyl groups is 1. The van der Waals surface area contributed by atoms with Gasteiger partial charge in [-0.15, -0.1) is 0 Å². The quantitative estimate of drug-likeness (QED) is 0.819. The second kappa shape index (κ2) is 4.98. The molecule has 2 N–H and O–H groups in total. The van der Waals surface area contributed by atoms with Crippen LogP contribution in [-0.4, -0.2) is 16.7 Å². The minimum absolute atomic E-state index is 0.0575. The molecule has 2 atom stereocenters. The highest BCUT2D eigenvalue weighted by Gasteiger charge is 2.23. The van der Waals surface area contributed by atoms with Gasteiger partial charge in [0.1, 0.15) is 0 Å². The van der Waals surface area contributed by atoms with Crippen LogP contribution in [0.3, 0.4) is 0 Å². The zero-order chi connectivity index (χ0) is 12.3. The Balaban J connectivity index is 2.73. The summed E-state index contributed by atoms with van der Waals surface area (Å²) in [4.78, 5) is 0. The van der Waals surface area contributed by atoms with Gasteiger partial charge in [-0.05, 0) is 45.7 Å². The largest absolute Gasteiger partial charge is 0.389 e. The average Bonchev–Trinajstić information content (AvgIpc) is 2.16. The molecule has 2 nitrogen and oxygen atoms in total. The number of hydrogen-bond donors (Lipinski definition) is 2. The summed E-state index contributed by atoms with van der Waals surface area (Å²) in [7, 11) is 0. The molecule has 0 aliphatic rings. The highest BCUT2D eigenvalue weighted by Crippen LogP contribution is 2.19. The Labute approximate surface area is 98.7 Å². The molecule has 0 aliphatic heterocycles. The van der Waals surface area contributed by atoms with E-state index in [1.165, 1.54) is 11.1 Å². The summed E-state index contributed by atoms with van der Waals surface area (Å²) in [5, 5.41) is 13.3. The summed E-state index contributed by atoms with van der Waals surface area (Å²) in [5.74, 6) is 0. The molecule has 16 heavy (non-hydrogen) atoms. The van der Waals surface area contributed by atoms with Gasteiger partial charge in [0.25, 0.3) is 0 Å². The summed E-state index contributed by atoms with van der Waals surface area (Å²) in [5.41, 5.74) is 1.88. The van der Waals surface area contributed by atoms with Crippen molar-refractivity contribution in [2.75, 3.05) is 0 Å². The van der Waals surface area contributed by atoms with Crippen molar-refractivity contribution >= 4 is 0 Å². The Morgan fingerprint density at radius 1 is 1.19 bits per heavy atom. The second-order valence-corrected chi connectivity index (χ2v) is 5.12. The molecule has 0 saturated carbocycles. The third kappa shape index (κ3) is 3.32. The normalized spacial score (nSPS) is 15.9. The number of nitrogens with one attached hydrogen (secondary N) is 1. The molecule has 0 radical (unpaired) electrons. The van der Waals surface area contributed by atoms with Gasteiger partial charge in [-0.2, -0.15) is 0 Å². The van der Waals surface area contributed by atoms with E-state index >= 15 is 0 Å². The van der Waals surface area contributed by atoms with E-state index in [1.54, 1.807) is 0 Å². The molecule has 2 unspecified atom stereocenters. The standard InChI is InChI=1S/C14H23NO/c1-10-8-6-7-9-13(10)11(2)15-12(3)14(4,5)16/h6-9,11-12,15-16H,1-5H3. The van der Waals surface area contributed by atoms with E-state index in [-0.39, 0.29) is 12.1 Å². The van der Waals surface area contributed by atoms with Crippen molar-refractivity contribution in [2.24, 2.45) is 0 Å². The molecule has 1 rings (SSSR count). The monoisotopic (exact) mass is 221 g/mol. The lowest BCUT2D eigenvalue weighted by Crippen LogP contribution is -2.45. The van der Waals surface area contributed by atoms with Crippen LogP contribution in [0.25, 0.3) is 0 Å². The second-order valence-electron chi connectivity index (χ2n) is 5.12. The molecule has 0 spiro atoms. The van der Waals surface area contributed by atoms with Gasteiger partial charge in [-0.1, -0.05) is 24.3 Å². The molecular weight excluding hydrogens is 198 g/mol. The number of rotatable bonds is 4. The fourth-order valence-corrected chi connectivity index (χ4v) is 1.74. The maximum atomic E-state index is 9.89. The van der Waals surface area contributed by atoms with Gasteiger partial charge in [-0.3, -0.25) is 0 Å². The van der Waals surface area contributed by atoms with Gasteiger partial charge < -0.3 is 10.4 Å². The minimum Gasteiger partial charge on any atom is -0.389 e. The van der Waals surface area contributed by atoms with Crippen LogP contribution in [0.4, 0.5) is 0 Å². The van der Waals surface area contributed by atoms with Gasteiger partial charge in [0.2, 0.25) is 0 Å². The number of hydrogen-bond acceptors (Lipinski definition) is 2. The third-order valence-corrected chi connectivity index (χ3v) is 3.21. The van der Waals surface area contributed by atoms with E-state index in [0.717, 1.165) is 0 Å². The molecule has 0 bridgehead atoms. The maximum Gasteiger partial charge on any atom is 0.0741 e. The first-order chi connectivity index (χ1) is 7.32. The average molecular weight is 221 g/mol. The van der Waals surface area contributed by atoms with E-state index in [9.17, 15) is 5.11 Å². The Kier molecular flexibility index (Phi) is 4.11. The SMILES string of the molecule is Cc1ccccc1C(C)NC(C)C(C)(C)O. The first-order valence-electron chi connectivity index (χ1n) is 5.86. The van der Waals surface area contributed by atoms with Crippen LogP contribution in [0, 0.1) is 6.92 Å². The molecule has 0 amide bonds. The molecule has 2 heteroatoms. The smallest absolute Gasteiger partial charge is 0.0741 e. The lowest BCUT2D eigenvalue weighted by Gasteiger charge is -2.30. The van der Waals surface area contributed by atoms with Gasteiger partial charge in [0.15, 0.2) is 0 Å². The van der Waals surface area contributed by atoms with Crippen molar-refractivity contribution in [3.05, 3.63) is 35.4 Å². The Bertz CT molecular complexity index is 341. The van der Waals surface area contributed by atoms with Crippen molar-refractivity contribution in [3.8, 4) is 0 Å². The maximum absolute atomic E-state index is 9.89. The van der Waals surface area contributed by atoms with Crippen LogP contribution < -0.4 is 5.32 Å². The Hall–Kier alpha value is -0.860. The first kappa shape index (κ1) is 13.2. The molecule has 0 fully saturated rings. The molecule has 1 aromatic rings. The summed E-state index contributed by atoms with van der Waals surface area (Å²) < 4.78 is 0. The number of aryl methyl sites for hydroxylation is 1. The van der Waals surface area contributed by atoms with Crippen LogP contribution in [0.1, 0.15) is 44.9 Å². The topological polar surface area (TPSA) is 32.3 Å². The van der Waals surface area contributed by atoms with Gasteiger partial charge in [-0.25, -0.2) is 0 Å². The predicted molar refractivity (Wildman–Crippen MR) is 68.5 cm³/mol. The highest BCUT2D eigenvalue weighted by atomic mass is 16.3. The van der Waals surface area contributed by atoms with Crippen LogP contribution in [0.15, 0.2) is 24.3 Å². The van der Waals surface area contributed by atoms with E-state index in [0.29, 0.717) is 0 Å². The van der Waals surface area contributed by atoms with Crippen molar-refractivity contribution in [2.45, 2.75) is 52.3 Å². The van der Waals surface area contributed by atoms with Crippen LogP contribution in [-0.2, 0) is 0 Å². The molecular formula is C14H23NO. The van der Waals surface area contributed by atoms with Crippen LogP contribution in [0.2, 0.25) is 0 Å². The highest BCUT2D eigenvalue weighted by molar-refractivity contribution is 5.28. The summed E-state index contributed by atoms with van der Waals surface area (Å²) in [6, 6.07) is 8.65. The summed E-state index contributed by atoms with van der Waals surface area (Å²) in [6.07, 6.45) is 0. The van der Waals surface area contributed by atoms with Crippen molar-refractivity contribution < 1.29 is 5.11 Å². The summed E-state index contributed by atoms with van der Waals surface area (Å²) >= 11 is 0. The van der Waals surface area contributed by atoms with E-state index in [1.807, 2.05) is 26.8 Å². The first-order valence-corrected chi connectivity index (χ1v) is 5.86. The Morgan fingerprint density at radius 2 is 1.75 bits per heavy atom. The van der Waals surface area contributed by atoms with Gasteiger partial charge in [0.05, 0.1) is 5.60 Å². The number of benzene rings is 1. The lowest BCUT2D eigenvalue weighted by molar-refractivity contribution is 0.0405. The Morgan fingerprint density at radius 3 is 2.25 bits per heavy atom. The van der Waals surface area contributed by atoms with Crippen molar-refractivity contribution in [1.29, 1.82) is 0 Å². The molecule has 1 aromatic carbocycles. The fraction of sp³-hybridized carbons (Fsp3) is 0.571. The minimum atomic E-state index is -0.697. The van der Waals surface area contributed by atoms with E-state index in [2.05, 4.69) is 37.4 Å². The van der Waals surface area contributed by atoms with E-state index < -0.39 is 5.60 Å². The van der Waals surface area contributed by atoms with Gasteiger partial charge in [0, 0.05) is 12.1 Å². The zero-order valence-electron chi connectivity index (χ0n) is 10.9. The molecule has 90 valence electrons. The van der Waals surface area contributed by atoms with Crippen LogP contribution in [0.5, 0.6) is 0 Å². The fourth-order valence-electron chi connectivity index (χ4n) is 1.74. The third-order valence-electron chi connectivity index (χ3n) is 3.21. The predicted octanol–water partition coefficient (Wildman–Crippen LogP) is 2.81. The molecule has 0 heterocycles. The van der Waals surface area contributed by atoms with Crippen molar-refractivity contribution in [3.63, 3.8) is 0 Å². The molecule has 0 aromatic heterocycles. The van der Waals surface area contributed by atoms with Gasteiger partial charge >= 0.3 is 0 Å².